The molecular weight excluding hydrogens is 537 g/mol. The number of carboxylic acid groups (broad SMARTS) is 2. The van der Waals surface area contributed by atoms with Crippen molar-refractivity contribution in [3.05, 3.63) is 63.6 Å². The van der Waals surface area contributed by atoms with Gasteiger partial charge < -0.3 is 25.7 Å². The summed E-state index contributed by atoms with van der Waals surface area (Å²) in [7, 11) is 0. The van der Waals surface area contributed by atoms with E-state index in [4.69, 9.17) is 28.3 Å². The highest BCUT2D eigenvalue weighted by atomic mass is 35.5. The first-order chi connectivity index (χ1) is 18.1. The van der Waals surface area contributed by atoms with Gasteiger partial charge in [-0.15, -0.1) is 0 Å². The minimum absolute atomic E-state index is 0.0364. The van der Waals surface area contributed by atoms with Gasteiger partial charge in [-0.1, -0.05) is 41.4 Å². The molecule has 0 bridgehead atoms. The highest BCUT2D eigenvalue weighted by Crippen LogP contribution is 2.25. The summed E-state index contributed by atoms with van der Waals surface area (Å²) in [5.41, 5.74) is 1.15. The van der Waals surface area contributed by atoms with Gasteiger partial charge in [-0.3, -0.25) is 19.2 Å². The van der Waals surface area contributed by atoms with Crippen LogP contribution >= 0.6 is 23.2 Å². The third kappa shape index (κ3) is 7.69. The summed E-state index contributed by atoms with van der Waals surface area (Å²) in [5.74, 6) is -3.90. The SMILES string of the molecule is O=C(O)CCC(=O)N1CCCCC1C(=O)NC(Cc1ccc(NC(=O)c2c(Cl)cccc2Cl)cc1)C(=O)O. The van der Waals surface area contributed by atoms with Crippen LogP contribution in [0.4, 0.5) is 5.69 Å². The van der Waals surface area contributed by atoms with Crippen molar-refractivity contribution in [2.24, 2.45) is 0 Å². The number of halogens is 2. The standard InChI is InChI=1S/C26H27Cl2N3O7/c27-17-4-3-5-18(28)23(17)25(36)29-16-9-7-15(8-10-16)14-19(26(37)38)30-24(35)20-6-1-2-13-31(20)21(32)11-12-22(33)34/h3-5,7-10,19-20H,1-2,6,11-14H2,(H,29,36)(H,30,35)(H,33,34)(H,37,38). The maximum atomic E-state index is 13.0. The number of benzene rings is 2. The Kier molecular flexibility index (Phi) is 10.1. The number of carbonyl (C=O) groups excluding carboxylic acids is 3. The van der Waals surface area contributed by atoms with Crippen molar-refractivity contribution in [3.8, 4) is 0 Å². The fourth-order valence-electron chi connectivity index (χ4n) is 4.20. The largest absolute Gasteiger partial charge is 0.481 e. The van der Waals surface area contributed by atoms with E-state index in [2.05, 4.69) is 10.6 Å². The van der Waals surface area contributed by atoms with Gasteiger partial charge in [0, 0.05) is 25.1 Å². The molecule has 1 aliphatic heterocycles. The normalized spacial score (nSPS) is 15.8. The van der Waals surface area contributed by atoms with Crippen molar-refractivity contribution in [3.63, 3.8) is 0 Å². The van der Waals surface area contributed by atoms with E-state index in [-0.39, 0.29) is 34.9 Å². The Labute approximate surface area is 228 Å². The number of carboxylic acids is 2. The van der Waals surface area contributed by atoms with Crippen LogP contribution in [0.1, 0.15) is 48.0 Å². The van der Waals surface area contributed by atoms with E-state index in [1.807, 2.05) is 0 Å². The van der Waals surface area contributed by atoms with E-state index in [0.717, 1.165) is 0 Å². The van der Waals surface area contributed by atoms with Crippen LogP contribution in [0.15, 0.2) is 42.5 Å². The number of hydrogen-bond donors (Lipinski definition) is 4. The van der Waals surface area contributed by atoms with Crippen molar-refractivity contribution in [1.29, 1.82) is 0 Å². The summed E-state index contributed by atoms with van der Waals surface area (Å²) in [4.78, 5) is 62.1. The molecule has 1 saturated heterocycles. The number of aliphatic carboxylic acids is 2. The zero-order valence-electron chi connectivity index (χ0n) is 20.3. The molecule has 202 valence electrons. The predicted octanol–water partition coefficient (Wildman–Crippen LogP) is 3.60. The fraction of sp³-hybridized carbons (Fsp3) is 0.346. The Bertz CT molecular complexity index is 1200. The van der Waals surface area contributed by atoms with Gasteiger partial charge in [0.25, 0.3) is 5.91 Å². The van der Waals surface area contributed by atoms with Crippen molar-refractivity contribution in [2.45, 2.75) is 50.6 Å². The van der Waals surface area contributed by atoms with Gasteiger partial charge in [-0.2, -0.15) is 0 Å². The molecule has 2 aromatic carbocycles. The summed E-state index contributed by atoms with van der Waals surface area (Å²) in [5, 5.41) is 24.2. The third-order valence-electron chi connectivity index (χ3n) is 6.13. The molecule has 2 atom stereocenters. The zero-order valence-corrected chi connectivity index (χ0v) is 21.8. The lowest BCUT2D eigenvalue weighted by molar-refractivity contribution is -0.147. The lowest BCUT2D eigenvalue weighted by Crippen LogP contribution is -2.55. The second-order valence-electron chi connectivity index (χ2n) is 8.84. The minimum atomic E-state index is -1.26. The molecule has 1 fully saturated rings. The van der Waals surface area contributed by atoms with Crippen LogP contribution in [0.3, 0.4) is 0 Å². The van der Waals surface area contributed by atoms with Gasteiger partial charge in [0.05, 0.1) is 22.0 Å². The lowest BCUT2D eigenvalue weighted by atomic mass is 9.99. The van der Waals surface area contributed by atoms with Crippen LogP contribution in [0.25, 0.3) is 0 Å². The van der Waals surface area contributed by atoms with Crippen LogP contribution in [0.2, 0.25) is 10.0 Å². The molecule has 0 radical (unpaired) electrons. The number of amides is 3. The first-order valence-electron chi connectivity index (χ1n) is 12.0. The summed E-state index contributed by atoms with van der Waals surface area (Å²) in [6.07, 6.45) is 1.12. The quantitative estimate of drug-likeness (QED) is 0.344. The monoisotopic (exact) mass is 563 g/mol. The van der Waals surface area contributed by atoms with Crippen LogP contribution < -0.4 is 10.6 Å². The third-order valence-corrected chi connectivity index (χ3v) is 6.76. The molecule has 4 N–H and O–H groups in total. The van der Waals surface area contributed by atoms with Crippen molar-refractivity contribution in [2.75, 3.05) is 11.9 Å². The highest BCUT2D eigenvalue weighted by Gasteiger charge is 2.34. The Morgan fingerprint density at radius 1 is 0.947 bits per heavy atom. The lowest BCUT2D eigenvalue weighted by Gasteiger charge is -2.35. The number of hydrogen-bond acceptors (Lipinski definition) is 5. The van der Waals surface area contributed by atoms with E-state index >= 15 is 0 Å². The molecule has 1 aliphatic rings. The number of anilines is 1. The molecule has 2 aromatic rings. The average Bonchev–Trinajstić information content (AvgIpc) is 2.87. The van der Waals surface area contributed by atoms with Gasteiger partial charge >= 0.3 is 11.9 Å². The second kappa shape index (κ2) is 13.3. The Morgan fingerprint density at radius 3 is 2.21 bits per heavy atom. The van der Waals surface area contributed by atoms with E-state index in [9.17, 15) is 29.1 Å². The average molecular weight is 564 g/mol. The number of likely N-dealkylation sites (tertiary alicyclic amines) is 1. The van der Waals surface area contributed by atoms with E-state index in [0.29, 0.717) is 37.1 Å². The van der Waals surface area contributed by atoms with Crippen LogP contribution in [0, 0.1) is 0 Å². The minimum Gasteiger partial charge on any atom is -0.481 e. The molecule has 0 aliphatic carbocycles. The fourth-order valence-corrected chi connectivity index (χ4v) is 4.77. The molecule has 0 saturated carbocycles. The van der Waals surface area contributed by atoms with Crippen LogP contribution in [-0.2, 0) is 25.6 Å². The van der Waals surface area contributed by atoms with E-state index < -0.39 is 41.7 Å². The van der Waals surface area contributed by atoms with E-state index in [1.165, 1.54) is 4.90 Å². The smallest absolute Gasteiger partial charge is 0.326 e. The molecule has 3 amide bonds. The number of piperidine rings is 1. The number of nitrogens with zero attached hydrogens (tertiary/aromatic N) is 1. The first kappa shape index (κ1) is 28.9. The molecule has 2 unspecified atom stereocenters. The molecular formula is C26H27Cl2N3O7. The van der Waals surface area contributed by atoms with Gasteiger partial charge in [0.15, 0.2) is 0 Å². The summed E-state index contributed by atoms with van der Waals surface area (Å²) >= 11 is 12.1. The Balaban J connectivity index is 1.64. The molecule has 0 aromatic heterocycles. The topological polar surface area (TPSA) is 153 Å². The molecule has 3 rings (SSSR count). The van der Waals surface area contributed by atoms with Gasteiger partial charge in [0.1, 0.15) is 12.1 Å². The molecule has 0 spiro atoms. The number of rotatable bonds is 10. The van der Waals surface area contributed by atoms with Crippen molar-refractivity contribution in [1.82, 2.24) is 10.2 Å². The molecule has 38 heavy (non-hydrogen) atoms. The Hall–Kier alpha value is -3.63. The predicted molar refractivity (Wildman–Crippen MR) is 140 cm³/mol. The molecule has 10 nitrogen and oxygen atoms in total. The van der Waals surface area contributed by atoms with Crippen LogP contribution in [0.5, 0.6) is 0 Å². The zero-order chi connectivity index (χ0) is 27.8. The molecule has 12 heteroatoms. The Morgan fingerprint density at radius 2 is 1.61 bits per heavy atom. The first-order valence-corrected chi connectivity index (χ1v) is 12.7. The van der Waals surface area contributed by atoms with Crippen molar-refractivity contribution < 1.29 is 34.2 Å². The summed E-state index contributed by atoms with van der Waals surface area (Å²) < 4.78 is 0. The maximum absolute atomic E-state index is 13.0. The van der Waals surface area contributed by atoms with E-state index in [1.54, 1.807) is 42.5 Å². The van der Waals surface area contributed by atoms with Crippen LogP contribution in [-0.4, -0.2) is 63.4 Å². The second-order valence-corrected chi connectivity index (χ2v) is 9.66. The van der Waals surface area contributed by atoms with Gasteiger partial charge in [-0.25, -0.2) is 4.79 Å². The number of nitrogens with one attached hydrogen (secondary N) is 2. The number of carbonyl (C=O) groups is 5. The van der Waals surface area contributed by atoms with Gasteiger partial charge in [-0.05, 0) is 49.1 Å². The highest BCUT2D eigenvalue weighted by molar-refractivity contribution is 6.40. The van der Waals surface area contributed by atoms with Gasteiger partial charge in [0.2, 0.25) is 11.8 Å². The summed E-state index contributed by atoms with van der Waals surface area (Å²) in [6, 6.07) is 9.00. The summed E-state index contributed by atoms with van der Waals surface area (Å²) in [6.45, 7) is 0.306. The maximum Gasteiger partial charge on any atom is 0.326 e. The molecule has 1 heterocycles. The van der Waals surface area contributed by atoms with Crippen molar-refractivity contribution >= 4 is 58.5 Å².